The molecule has 0 spiro atoms. The lowest BCUT2D eigenvalue weighted by molar-refractivity contribution is 0.0989. The molecule has 1 saturated heterocycles. The van der Waals surface area contributed by atoms with Gasteiger partial charge in [-0.1, -0.05) is 12.5 Å². The minimum Gasteiger partial charge on any atom is -0.497 e. The Labute approximate surface area is 185 Å². The second-order valence-electron chi connectivity index (χ2n) is 7.43. The van der Waals surface area contributed by atoms with Crippen LogP contribution in [0.4, 0.5) is 5.13 Å². The summed E-state index contributed by atoms with van der Waals surface area (Å²) >= 11 is 3.01. The lowest BCUT2D eigenvalue weighted by Gasteiger charge is -2.27. The zero-order valence-electron chi connectivity index (χ0n) is 17.3. The van der Waals surface area contributed by atoms with Crippen LogP contribution in [-0.2, 0) is 0 Å². The van der Waals surface area contributed by atoms with Crippen LogP contribution in [0.25, 0.3) is 11.3 Å². The molecule has 5 nitrogen and oxygen atoms in total. The number of nitrogens with zero attached hydrogens (tertiary/aromatic N) is 3. The average Bonchev–Trinajstić information content (AvgIpc) is 3.50. The van der Waals surface area contributed by atoms with E-state index in [4.69, 9.17) is 9.72 Å². The third kappa shape index (κ3) is 5.09. The Morgan fingerprint density at radius 1 is 1.13 bits per heavy atom. The summed E-state index contributed by atoms with van der Waals surface area (Å²) in [4.78, 5) is 23.1. The molecule has 0 N–H and O–H groups in total. The van der Waals surface area contributed by atoms with E-state index in [0.717, 1.165) is 40.0 Å². The Morgan fingerprint density at radius 2 is 1.93 bits per heavy atom. The van der Waals surface area contributed by atoms with Crippen molar-refractivity contribution in [3.63, 3.8) is 0 Å². The largest absolute Gasteiger partial charge is 0.497 e. The minimum atomic E-state index is 0.0410. The second kappa shape index (κ2) is 10.2. The van der Waals surface area contributed by atoms with Gasteiger partial charge in [0, 0.05) is 17.5 Å². The molecule has 0 atom stereocenters. The van der Waals surface area contributed by atoms with Crippen LogP contribution >= 0.6 is 22.7 Å². The normalized spacial score (nSPS) is 14.6. The van der Waals surface area contributed by atoms with Crippen LogP contribution in [0, 0.1) is 0 Å². The molecule has 1 aliphatic heterocycles. The highest BCUT2D eigenvalue weighted by Gasteiger charge is 2.22. The summed E-state index contributed by atoms with van der Waals surface area (Å²) in [5.74, 6) is 0.862. The Kier molecular flexibility index (Phi) is 7.15. The van der Waals surface area contributed by atoms with Crippen LogP contribution in [0.1, 0.15) is 35.4 Å². The molecule has 1 amide bonds. The van der Waals surface area contributed by atoms with Crippen molar-refractivity contribution in [1.29, 1.82) is 0 Å². The molecule has 7 heteroatoms. The van der Waals surface area contributed by atoms with Gasteiger partial charge in [0.2, 0.25) is 0 Å². The number of rotatable bonds is 8. The molecule has 3 aromatic rings. The van der Waals surface area contributed by atoms with Crippen LogP contribution in [0.15, 0.2) is 47.2 Å². The molecule has 1 aliphatic rings. The van der Waals surface area contributed by atoms with E-state index in [0.29, 0.717) is 6.54 Å². The Balaban J connectivity index is 1.49. The lowest BCUT2D eigenvalue weighted by atomic mass is 10.1. The molecule has 2 aromatic heterocycles. The monoisotopic (exact) mass is 441 g/mol. The first-order valence-corrected chi connectivity index (χ1v) is 12.2. The first-order valence-electron chi connectivity index (χ1n) is 10.4. The Hall–Kier alpha value is -2.22. The highest BCUT2D eigenvalue weighted by atomic mass is 32.1. The molecule has 30 heavy (non-hydrogen) atoms. The molecule has 0 radical (unpaired) electrons. The number of carbonyl (C=O) groups excluding carboxylic acids is 1. The molecule has 158 valence electrons. The van der Waals surface area contributed by atoms with Gasteiger partial charge >= 0.3 is 0 Å². The van der Waals surface area contributed by atoms with Crippen molar-refractivity contribution in [2.75, 3.05) is 38.2 Å². The van der Waals surface area contributed by atoms with Crippen LogP contribution in [-0.4, -0.2) is 49.1 Å². The summed E-state index contributed by atoms with van der Waals surface area (Å²) in [7, 11) is 1.66. The van der Waals surface area contributed by atoms with Gasteiger partial charge in [-0.25, -0.2) is 4.98 Å². The average molecular weight is 442 g/mol. The summed E-state index contributed by atoms with van der Waals surface area (Å²) in [6, 6.07) is 11.7. The van der Waals surface area contributed by atoms with E-state index in [9.17, 15) is 4.79 Å². The number of hydrogen-bond acceptors (Lipinski definition) is 6. The van der Waals surface area contributed by atoms with Crippen LogP contribution < -0.4 is 9.64 Å². The second-order valence-corrected chi connectivity index (χ2v) is 9.22. The zero-order valence-corrected chi connectivity index (χ0v) is 18.9. The van der Waals surface area contributed by atoms with E-state index in [1.165, 1.54) is 55.0 Å². The maximum absolute atomic E-state index is 13.2. The summed E-state index contributed by atoms with van der Waals surface area (Å²) in [5, 5.41) is 4.73. The van der Waals surface area contributed by atoms with Gasteiger partial charge in [-0.15, -0.1) is 22.7 Å². The van der Waals surface area contributed by atoms with Gasteiger partial charge in [0.1, 0.15) is 5.75 Å². The highest BCUT2D eigenvalue weighted by molar-refractivity contribution is 7.14. The highest BCUT2D eigenvalue weighted by Crippen LogP contribution is 2.30. The van der Waals surface area contributed by atoms with Crippen molar-refractivity contribution in [2.24, 2.45) is 0 Å². The van der Waals surface area contributed by atoms with E-state index in [1.807, 2.05) is 52.1 Å². The number of amides is 1. The third-order valence-corrected chi connectivity index (χ3v) is 7.11. The van der Waals surface area contributed by atoms with Crippen molar-refractivity contribution < 1.29 is 9.53 Å². The first kappa shape index (κ1) is 21.0. The zero-order chi connectivity index (χ0) is 20.8. The standard InChI is InChI=1S/C23H27N3O2S2/c1-28-19-10-8-18(9-11-19)20-17-30-23(24-20)26(22(27)21-7-5-16-29-21)15-6-14-25-12-3-2-4-13-25/h5,7-11,16-17H,2-4,6,12-15H2,1H3. The number of likely N-dealkylation sites (tertiary alicyclic amines) is 1. The van der Waals surface area contributed by atoms with Crippen molar-refractivity contribution in [3.05, 3.63) is 52.0 Å². The smallest absolute Gasteiger partial charge is 0.270 e. The number of methoxy groups -OCH3 is 1. The number of benzene rings is 1. The van der Waals surface area contributed by atoms with Gasteiger partial charge < -0.3 is 9.64 Å². The maximum Gasteiger partial charge on any atom is 0.270 e. The Bertz CT molecular complexity index is 932. The van der Waals surface area contributed by atoms with Crippen LogP contribution in [0.5, 0.6) is 5.75 Å². The summed E-state index contributed by atoms with van der Waals surface area (Å²) in [6.45, 7) is 4.07. The summed E-state index contributed by atoms with van der Waals surface area (Å²) < 4.78 is 5.24. The van der Waals surface area contributed by atoms with Crippen molar-refractivity contribution >= 4 is 33.7 Å². The van der Waals surface area contributed by atoms with Crippen molar-refractivity contribution in [1.82, 2.24) is 9.88 Å². The number of hydrogen-bond donors (Lipinski definition) is 0. The number of carbonyl (C=O) groups is 1. The van der Waals surface area contributed by atoms with Crippen molar-refractivity contribution in [2.45, 2.75) is 25.7 Å². The molecular formula is C23H27N3O2S2. The Morgan fingerprint density at radius 3 is 2.63 bits per heavy atom. The molecule has 0 aliphatic carbocycles. The van der Waals surface area contributed by atoms with Gasteiger partial charge in [0.05, 0.1) is 17.7 Å². The minimum absolute atomic E-state index is 0.0410. The van der Waals surface area contributed by atoms with Gasteiger partial charge in [-0.2, -0.15) is 0 Å². The topological polar surface area (TPSA) is 45.7 Å². The van der Waals surface area contributed by atoms with Crippen LogP contribution in [0.3, 0.4) is 0 Å². The predicted octanol–water partition coefficient (Wildman–Crippen LogP) is 5.40. The lowest BCUT2D eigenvalue weighted by Crippen LogP contribution is -2.35. The number of piperidine rings is 1. The molecule has 1 fully saturated rings. The van der Waals surface area contributed by atoms with Gasteiger partial charge in [-0.05, 0) is 74.6 Å². The molecule has 0 unspecified atom stereocenters. The van der Waals surface area contributed by atoms with E-state index in [-0.39, 0.29) is 5.91 Å². The fraction of sp³-hybridized carbons (Fsp3) is 0.391. The molecule has 4 rings (SSSR count). The van der Waals surface area contributed by atoms with E-state index >= 15 is 0 Å². The fourth-order valence-corrected chi connectivity index (χ4v) is 5.27. The molecule has 0 bridgehead atoms. The quantitative estimate of drug-likeness (QED) is 0.469. The molecule has 1 aromatic carbocycles. The number of anilines is 1. The first-order chi connectivity index (χ1) is 14.7. The van der Waals surface area contributed by atoms with Crippen LogP contribution in [0.2, 0.25) is 0 Å². The van der Waals surface area contributed by atoms with Gasteiger partial charge in [0.25, 0.3) is 5.91 Å². The molecule has 0 saturated carbocycles. The number of thiazole rings is 1. The predicted molar refractivity (Wildman–Crippen MR) is 125 cm³/mol. The van der Waals surface area contributed by atoms with E-state index < -0.39 is 0 Å². The van der Waals surface area contributed by atoms with Gasteiger partial charge in [-0.3, -0.25) is 9.69 Å². The van der Waals surface area contributed by atoms with E-state index in [2.05, 4.69) is 4.90 Å². The number of aromatic nitrogens is 1. The summed E-state index contributed by atoms with van der Waals surface area (Å²) in [6.07, 6.45) is 4.87. The number of thiophene rings is 1. The van der Waals surface area contributed by atoms with Gasteiger partial charge in [0.15, 0.2) is 5.13 Å². The maximum atomic E-state index is 13.2. The summed E-state index contributed by atoms with van der Waals surface area (Å²) in [5.41, 5.74) is 1.91. The third-order valence-electron chi connectivity index (χ3n) is 5.39. The fourth-order valence-electron chi connectivity index (χ4n) is 3.74. The van der Waals surface area contributed by atoms with E-state index in [1.54, 1.807) is 7.11 Å². The molecular weight excluding hydrogens is 414 g/mol. The van der Waals surface area contributed by atoms with Crippen molar-refractivity contribution in [3.8, 4) is 17.0 Å². The molecule has 3 heterocycles. The SMILES string of the molecule is COc1ccc(-c2csc(N(CCCN3CCCCC3)C(=O)c3cccs3)n2)cc1. The number of ether oxygens (including phenoxy) is 1.